The summed E-state index contributed by atoms with van der Waals surface area (Å²) in [6.45, 7) is 1.58. The highest BCUT2D eigenvalue weighted by molar-refractivity contribution is 8.13. The molecule has 0 saturated carbocycles. The number of carbonyl (C=O) groups is 2. The monoisotopic (exact) mass is 234 g/mol. The largest absolute Gasteiger partial charge is 0.298 e. The minimum absolute atomic E-state index is 0.156. The van der Waals surface area contributed by atoms with Gasteiger partial charge in [0.15, 0.2) is 5.12 Å². The smallest absolute Gasteiger partial charge is 0.185 e. The third kappa shape index (κ3) is 4.94. The molecule has 0 fully saturated rings. The quantitative estimate of drug-likeness (QED) is 0.579. The Hall–Kier alpha value is -1.35. The van der Waals surface area contributed by atoms with Crippen LogP contribution in [0.5, 0.6) is 0 Å². The molecule has 1 aromatic rings. The van der Waals surface area contributed by atoms with Crippen LogP contribution in [0, 0.1) is 0 Å². The Morgan fingerprint density at radius 1 is 1.25 bits per heavy atom. The molecule has 0 heterocycles. The average Bonchev–Trinajstić information content (AvgIpc) is 2.29. The lowest BCUT2D eigenvalue weighted by atomic mass is 10.1. The van der Waals surface area contributed by atoms with Crippen LogP contribution < -0.4 is 0 Å². The summed E-state index contributed by atoms with van der Waals surface area (Å²) >= 11 is 1.34. The fraction of sp³-hybridized carbons (Fsp3) is 0.231. The van der Waals surface area contributed by atoms with Gasteiger partial charge in [-0.25, -0.2) is 0 Å². The van der Waals surface area contributed by atoms with E-state index < -0.39 is 0 Å². The van der Waals surface area contributed by atoms with Crippen molar-refractivity contribution in [3.8, 4) is 0 Å². The number of hydrogen-bond acceptors (Lipinski definition) is 3. The normalized spacial score (nSPS) is 10.6. The lowest BCUT2D eigenvalue weighted by Gasteiger charge is -1.94. The van der Waals surface area contributed by atoms with Crippen LogP contribution in [-0.2, 0) is 4.79 Å². The summed E-state index contributed by atoms with van der Waals surface area (Å²) in [5.74, 6) is 0.818. The Balaban J connectivity index is 2.37. The first-order chi connectivity index (χ1) is 7.72. The predicted octanol–water partition coefficient (Wildman–Crippen LogP) is 3.18. The van der Waals surface area contributed by atoms with Crippen molar-refractivity contribution in [3.63, 3.8) is 0 Å². The third-order valence-corrected chi connectivity index (χ3v) is 2.82. The standard InChI is InChI=1S/C13H14O2S/c1-11(15)16-9-3-2-4-12-5-7-13(10-14)8-6-12/h2,4-8,10H,3,9H2,1H3. The van der Waals surface area contributed by atoms with E-state index in [1.807, 2.05) is 24.3 Å². The van der Waals surface area contributed by atoms with Crippen molar-refractivity contribution < 1.29 is 9.59 Å². The molecule has 0 N–H and O–H groups in total. The maximum Gasteiger partial charge on any atom is 0.185 e. The second kappa shape index (κ2) is 7.01. The van der Waals surface area contributed by atoms with Crippen LogP contribution in [0.15, 0.2) is 30.3 Å². The van der Waals surface area contributed by atoms with Gasteiger partial charge >= 0.3 is 0 Å². The number of rotatable bonds is 5. The van der Waals surface area contributed by atoms with Gasteiger partial charge in [0.1, 0.15) is 6.29 Å². The molecule has 0 unspecified atom stereocenters. The highest BCUT2D eigenvalue weighted by Gasteiger charge is 1.92. The van der Waals surface area contributed by atoms with Crippen molar-refractivity contribution in [2.75, 3.05) is 5.75 Å². The van der Waals surface area contributed by atoms with Gasteiger partial charge in [-0.1, -0.05) is 48.2 Å². The molecule has 0 saturated heterocycles. The van der Waals surface area contributed by atoms with Crippen LogP contribution in [0.25, 0.3) is 6.08 Å². The molecular weight excluding hydrogens is 220 g/mol. The number of thioether (sulfide) groups is 1. The lowest BCUT2D eigenvalue weighted by molar-refractivity contribution is -0.109. The van der Waals surface area contributed by atoms with Crippen molar-refractivity contribution in [1.82, 2.24) is 0 Å². The van der Waals surface area contributed by atoms with E-state index >= 15 is 0 Å². The Labute approximate surface area is 99.7 Å². The molecule has 0 spiro atoms. The van der Waals surface area contributed by atoms with E-state index in [1.54, 1.807) is 19.1 Å². The van der Waals surface area contributed by atoms with Crippen LogP contribution in [0.2, 0.25) is 0 Å². The number of allylic oxidation sites excluding steroid dienone is 1. The van der Waals surface area contributed by atoms with Crippen molar-refractivity contribution in [1.29, 1.82) is 0 Å². The van der Waals surface area contributed by atoms with Gasteiger partial charge < -0.3 is 0 Å². The Morgan fingerprint density at radius 3 is 2.44 bits per heavy atom. The van der Waals surface area contributed by atoms with Crippen LogP contribution >= 0.6 is 11.8 Å². The zero-order valence-electron chi connectivity index (χ0n) is 9.18. The summed E-state index contributed by atoms with van der Waals surface area (Å²) in [4.78, 5) is 21.1. The SMILES string of the molecule is CC(=O)SCCC=Cc1ccc(C=O)cc1. The summed E-state index contributed by atoms with van der Waals surface area (Å²) in [7, 11) is 0. The third-order valence-electron chi connectivity index (χ3n) is 1.97. The topological polar surface area (TPSA) is 34.1 Å². The molecule has 3 heteroatoms. The minimum atomic E-state index is 0.156. The number of aldehydes is 1. The molecule has 0 aromatic heterocycles. The van der Waals surface area contributed by atoms with Gasteiger partial charge in [-0.3, -0.25) is 9.59 Å². The highest BCUT2D eigenvalue weighted by atomic mass is 32.2. The second-order valence-electron chi connectivity index (χ2n) is 3.32. The molecule has 1 aromatic carbocycles. The maximum absolute atomic E-state index is 10.7. The molecule has 2 nitrogen and oxygen atoms in total. The van der Waals surface area contributed by atoms with Crippen molar-refractivity contribution >= 4 is 29.2 Å². The van der Waals surface area contributed by atoms with E-state index in [1.165, 1.54) is 11.8 Å². The van der Waals surface area contributed by atoms with E-state index in [2.05, 4.69) is 0 Å². The van der Waals surface area contributed by atoms with E-state index in [0.717, 1.165) is 24.0 Å². The molecule has 0 atom stereocenters. The summed E-state index contributed by atoms with van der Waals surface area (Å²) in [6.07, 6.45) is 5.73. The Morgan fingerprint density at radius 2 is 1.88 bits per heavy atom. The Kier molecular flexibility index (Phi) is 5.57. The molecule has 16 heavy (non-hydrogen) atoms. The van der Waals surface area contributed by atoms with Crippen molar-refractivity contribution in [3.05, 3.63) is 41.5 Å². The van der Waals surface area contributed by atoms with Gasteiger partial charge in [-0.15, -0.1) is 0 Å². The first-order valence-corrected chi connectivity index (χ1v) is 6.06. The zero-order valence-corrected chi connectivity index (χ0v) is 10.00. The molecule has 0 aliphatic rings. The van der Waals surface area contributed by atoms with Gasteiger partial charge in [0.25, 0.3) is 0 Å². The molecule has 0 aliphatic heterocycles. The van der Waals surface area contributed by atoms with Gasteiger partial charge in [0.2, 0.25) is 0 Å². The summed E-state index contributed by atoms with van der Waals surface area (Å²) < 4.78 is 0. The highest BCUT2D eigenvalue weighted by Crippen LogP contribution is 2.07. The number of benzene rings is 1. The van der Waals surface area contributed by atoms with Crippen molar-refractivity contribution in [2.45, 2.75) is 13.3 Å². The number of hydrogen-bond donors (Lipinski definition) is 0. The van der Waals surface area contributed by atoms with Gasteiger partial charge in [-0.2, -0.15) is 0 Å². The summed E-state index contributed by atoms with van der Waals surface area (Å²) in [5, 5.41) is 0.156. The molecule has 0 amide bonds. The van der Waals surface area contributed by atoms with E-state index in [4.69, 9.17) is 0 Å². The molecule has 0 aliphatic carbocycles. The van der Waals surface area contributed by atoms with Gasteiger partial charge in [0, 0.05) is 18.2 Å². The number of carbonyl (C=O) groups excluding carboxylic acids is 2. The van der Waals surface area contributed by atoms with E-state index in [-0.39, 0.29) is 5.12 Å². The first-order valence-electron chi connectivity index (χ1n) is 5.07. The van der Waals surface area contributed by atoms with Crippen LogP contribution in [-0.4, -0.2) is 17.2 Å². The van der Waals surface area contributed by atoms with E-state index in [0.29, 0.717) is 5.56 Å². The van der Waals surface area contributed by atoms with Crippen LogP contribution in [0.4, 0.5) is 0 Å². The second-order valence-corrected chi connectivity index (χ2v) is 4.59. The molecule has 1 rings (SSSR count). The summed E-state index contributed by atoms with van der Waals surface area (Å²) in [6, 6.07) is 7.38. The summed E-state index contributed by atoms with van der Waals surface area (Å²) in [5.41, 5.74) is 1.75. The van der Waals surface area contributed by atoms with Crippen LogP contribution in [0.1, 0.15) is 29.3 Å². The molecule has 0 radical (unpaired) electrons. The fourth-order valence-corrected chi connectivity index (χ4v) is 1.72. The maximum atomic E-state index is 10.7. The predicted molar refractivity (Wildman–Crippen MR) is 68.6 cm³/mol. The van der Waals surface area contributed by atoms with Gasteiger partial charge in [-0.05, 0) is 12.0 Å². The zero-order chi connectivity index (χ0) is 11.8. The first kappa shape index (κ1) is 12.7. The fourth-order valence-electron chi connectivity index (χ4n) is 1.18. The lowest BCUT2D eigenvalue weighted by Crippen LogP contribution is -1.83. The molecule has 0 bridgehead atoms. The molecule has 84 valence electrons. The molecular formula is C13H14O2S. The van der Waals surface area contributed by atoms with Crippen molar-refractivity contribution in [2.24, 2.45) is 0 Å². The van der Waals surface area contributed by atoms with Crippen LogP contribution in [0.3, 0.4) is 0 Å². The van der Waals surface area contributed by atoms with E-state index in [9.17, 15) is 9.59 Å². The van der Waals surface area contributed by atoms with Gasteiger partial charge in [0.05, 0.1) is 0 Å². The Bertz CT molecular complexity index is 379. The average molecular weight is 234 g/mol. The minimum Gasteiger partial charge on any atom is -0.298 e.